The predicted molar refractivity (Wildman–Crippen MR) is 120 cm³/mol. The molecule has 0 N–H and O–H groups in total. The van der Waals surface area contributed by atoms with Gasteiger partial charge < -0.3 is 33.2 Å². The van der Waals surface area contributed by atoms with Gasteiger partial charge in [-0.3, -0.25) is 4.79 Å². The zero-order valence-electron chi connectivity index (χ0n) is 20.4. The Balaban J connectivity index is 1.21. The maximum atomic E-state index is 12.1. The molecule has 0 aromatic heterocycles. The molecule has 7 atom stereocenters. The Morgan fingerprint density at radius 2 is 1.41 bits per heavy atom. The van der Waals surface area contributed by atoms with Crippen LogP contribution in [0.2, 0.25) is 0 Å². The zero-order chi connectivity index (χ0) is 23.2. The van der Waals surface area contributed by atoms with E-state index in [0.717, 1.165) is 64.2 Å². The Labute approximate surface area is 202 Å². The highest BCUT2D eigenvalue weighted by molar-refractivity contribution is 5.69. The van der Waals surface area contributed by atoms with Crippen LogP contribution in [-0.2, 0) is 38.0 Å². The monoisotopic (exact) mass is 480 g/mol. The van der Waals surface area contributed by atoms with Crippen LogP contribution in [0.1, 0.15) is 90.4 Å². The number of ether oxygens (including phenoxy) is 7. The third-order valence-electron chi connectivity index (χ3n) is 8.67. The van der Waals surface area contributed by atoms with Crippen LogP contribution in [0.3, 0.4) is 0 Å². The molecule has 0 bridgehead atoms. The SMILES string of the molecule is CCOC(=O)C[C@H]1CC[C@@H]2O[C@@H]([C@H]3COC4(CCCCC4)O3)[C@H]3OC4(CCCCC4)O[C@H]3[C@H]2O1. The van der Waals surface area contributed by atoms with E-state index in [9.17, 15) is 4.79 Å². The number of hydrogen-bond donors (Lipinski definition) is 0. The molecule has 6 aliphatic rings. The fraction of sp³-hybridized carbons (Fsp3) is 0.962. The molecule has 6 fully saturated rings. The summed E-state index contributed by atoms with van der Waals surface area (Å²) < 4.78 is 44.7. The van der Waals surface area contributed by atoms with Crippen molar-refractivity contribution in [1.29, 1.82) is 0 Å². The molecule has 192 valence electrons. The lowest BCUT2D eigenvalue weighted by Crippen LogP contribution is -2.62. The van der Waals surface area contributed by atoms with Crippen molar-refractivity contribution in [3.8, 4) is 0 Å². The summed E-state index contributed by atoms with van der Waals surface area (Å²) in [5.74, 6) is -1.21. The van der Waals surface area contributed by atoms with E-state index in [0.29, 0.717) is 13.2 Å². The van der Waals surface area contributed by atoms with Crippen LogP contribution < -0.4 is 0 Å². The highest BCUT2D eigenvalue weighted by Gasteiger charge is 2.62. The second kappa shape index (κ2) is 9.60. The van der Waals surface area contributed by atoms with Crippen molar-refractivity contribution in [2.45, 2.75) is 145 Å². The van der Waals surface area contributed by atoms with Crippen LogP contribution in [-0.4, -0.2) is 73.5 Å². The van der Waals surface area contributed by atoms with Crippen molar-refractivity contribution in [2.75, 3.05) is 13.2 Å². The van der Waals surface area contributed by atoms with E-state index in [2.05, 4.69) is 0 Å². The lowest BCUT2D eigenvalue weighted by Gasteiger charge is -2.47. The maximum Gasteiger partial charge on any atom is 0.308 e. The maximum absolute atomic E-state index is 12.1. The van der Waals surface area contributed by atoms with Gasteiger partial charge in [0.15, 0.2) is 11.6 Å². The molecule has 0 amide bonds. The van der Waals surface area contributed by atoms with Gasteiger partial charge in [0.05, 0.1) is 31.8 Å². The van der Waals surface area contributed by atoms with Crippen molar-refractivity contribution in [2.24, 2.45) is 0 Å². The minimum absolute atomic E-state index is 0.0986. The number of esters is 1. The molecule has 8 nitrogen and oxygen atoms in total. The van der Waals surface area contributed by atoms with E-state index in [4.69, 9.17) is 33.2 Å². The van der Waals surface area contributed by atoms with Gasteiger partial charge in [-0.25, -0.2) is 0 Å². The lowest BCUT2D eigenvalue weighted by molar-refractivity contribution is -0.265. The molecule has 4 saturated heterocycles. The Hall–Kier alpha value is -0.770. The summed E-state index contributed by atoms with van der Waals surface area (Å²) in [6, 6.07) is 0. The third-order valence-corrected chi connectivity index (χ3v) is 8.67. The van der Waals surface area contributed by atoms with Crippen LogP contribution in [0.15, 0.2) is 0 Å². The van der Waals surface area contributed by atoms with Gasteiger partial charge >= 0.3 is 5.97 Å². The van der Waals surface area contributed by atoms with E-state index in [1.807, 2.05) is 6.92 Å². The normalized spacial score (nSPS) is 42.9. The van der Waals surface area contributed by atoms with Gasteiger partial charge in [-0.05, 0) is 45.4 Å². The number of fused-ring (bicyclic) bond motifs is 3. The van der Waals surface area contributed by atoms with Crippen LogP contribution in [0.5, 0.6) is 0 Å². The molecule has 0 unspecified atom stereocenters. The van der Waals surface area contributed by atoms with Crippen molar-refractivity contribution in [1.82, 2.24) is 0 Å². The van der Waals surface area contributed by atoms with Gasteiger partial charge in [-0.2, -0.15) is 0 Å². The second-order valence-corrected chi connectivity index (χ2v) is 11.0. The van der Waals surface area contributed by atoms with E-state index >= 15 is 0 Å². The molecule has 6 rings (SSSR count). The van der Waals surface area contributed by atoms with Crippen LogP contribution >= 0.6 is 0 Å². The summed E-state index contributed by atoms with van der Waals surface area (Å²) in [6.07, 6.45) is 11.2. The first-order valence-electron chi connectivity index (χ1n) is 13.7. The van der Waals surface area contributed by atoms with Crippen molar-refractivity contribution >= 4 is 5.97 Å². The van der Waals surface area contributed by atoms with Crippen LogP contribution in [0.25, 0.3) is 0 Å². The fourth-order valence-corrected chi connectivity index (χ4v) is 7.05. The minimum Gasteiger partial charge on any atom is -0.466 e. The molecule has 0 aromatic carbocycles. The Morgan fingerprint density at radius 3 is 2.09 bits per heavy atom. The number of hydrogen-bond acceptors (Lipinski definition) is 8. The Morgan fingerprint density at radius 1 is 0.765 bits per heavy atom. The smallest absolute Gasteiger partial charge is 0.308 e. The first-order chi connectivity index (χ1) is 16.6. The molecule has 4 aliphatic heterocycles. The summed E-state index contributed by atoms with van der Waals surface area (Å²) >= 11 is 0. The predicted octanol–water partition coefficient (Wildman–Crippen LogP) is 3.77. The molecule has 0 radical (unpaired) electrons. The molecular formula is C26H40O8. The average Bonchev–Trinajstić information content (AvgIpc) is 3.41. The van der Waals surface area contributed by atoms with Crippen LogP contribution in [0.4, 0.5) is 0 Å². The van der Waals surface area contributed by atoms with Gasteiger partial charge in [-0.15, -0.1) is 0 Å². The largest absolute Gasteiger partial charge is 0.466 e. The molecule has 2 spiro atoms. The molecule has 2 saturated carbocycles. The van der Waals surface area contributed by atoms with E-state index < -0.39 is 11.6 Å². The van der Waals surface area contributed by atoms with Gasteiger partial charge in [0, 0.05) is 25.7 Å². The number of rotatable bonds is 4. The molecule has 8 heteroatoms. The van der Waals surface area contributed by atoms with Crippen LogP contribution in [0, 0.1) is 0 Å². The summed E-state index contributed by atoms with van der Waals surface area (Å²) in [4.78, 5) is 12.1. The van der Waals surface area contributed by atoms with E-state index in [1.54, 1.807) is 0 Å². The van der Waals surface area contributed by atoms with E-state index in [-0.39, 0.29) is 55.1 Å². The topological polar surface area (TPSA) is 81.7 Å². The van der Waals surface area contributed by atoms with Crippen molar-refractivity contribution in [3.63, 3.8) is 0 Å². The molecule has 4 heterocycles. The summed E-state index contributed by atoms with van der Waals surface area (Å²) in [7, 11) is 0. The number of carbonyl (C=O) groups is 1. The quantitative estimate of drug-likeness (QED) is 0.563. The van der Waals surface area contributed by atoms with Gasteiger partial charge in [-0.1, -0.05) is 12.8 Å². The standard InChI is InChI=1S/C26H40O8/c1-2-28-20(27)15-17-9-10-18-21(30-17)23-24(34-26(33-23)13-7-4-8-14-26)22(31-18)19-16-29-25(32-19)11-5-3-6-12-25/h17-19,21-24H,2-16H2,1H3/t17-,18+,19-,21+,22+,23+,24-/m1/s1. The third kappa shape index (κ3) is 4.43. The Bertz CT molecular complexity index is 730. The van der Waals surface area contributed by atoms with Gasteiger partial charge in [0.25, 0.3) is 0 Å². The first kappa shape index (κ1) is 23.6. The summed E-state index contributed by atoms with van der Waals surface area (Å²) in [5, 5.41) is 0. The van der Waals surface area contributed by atoms with Crippen molar-refractivity contribution in [3.05, 3.63) is 0 Å². The molecular weight excluding hydrogens is 440 g/mol. The number of carbonyl (C=O) groups excluding carboxylic acids is 1. The highest BCUT2D eigenvalue weighted by Crippen LogP contribution is 2.49. The second-order valence-electron chi connectivity index (χ2n) is 11.0. The fourth-order valence-electron chi connectivity index (χ4n) is 7.05. The van der Waals surface area contributed by atoms with Gasteiger partial charge in [0.1, 0.15) is 30.5 Å². The molecule has 34 heavy (non-hydrogen) atoms. The highest BCUT2D eigenvalue weighted by atomic mass is 16.8. The first-order valence-corrected chi connectivity index (χ1v) is 13.7. The zero-order valence-corrected chi connectivity index (χ0v) is 20.4. The molecule has 0 aromatic rings. The lowest BCUT2D eigenvalue weighted by atomic mass is 9.87. The van der Waals surface area contributed by atoms with Gasteiger partial charge in [0.2, 0.25) is 0 Å². The van der Waals surface area contributed by atoms with Crippen molar-refractivity contribution < 1.29 is 38.0 Å². The Kier molecular flexibility index (Phi) is 6.67. The molecule has 2 aliphatic carbocycles. The summed E-state index contributed by atoms with van der Waals surface area (Å²) in [6.45, 7) is 2.75. The average molecular weight is 481 g/mol. The summed E-state index contributed by atoms with van der Waals surface area (Å²) in [5.41, 5.74) is 0. The minimum atomic E-state index is -0.552. The van der Waals surface area contributed by atoms with E-state index in [1.165, 1.54) is 12.8 Å².